The molecular weight excluding hydrogens is 236 g/mol. The van der Waals surface area contributed by atoms with Gasteiger partial charge in [-0.15, -0.1) is 0 Å². The third-order valence-electron chi connectivity index (χ3n) is 4.07. The Kier molecular flexibility index (Phi) is 3.71. The number of nitrogens with one attached hydrogen (secondary N) is 1. The second kappa shape index (κ2) is 4.96. The number of aryl methyl sites for hydroxylation is 1. The van der Waals surface area contributed by atoms with Crippen LogP contribution in [-0.2, 0) is 7.05 Å². The zero-order valence-corrected chi connectivity index (χ0v) is 11.2. The number of nitrogens with zero attached hydrogens (tertiary/aromatic N) is 2. The maximum Gasteiger partial charge on any atom is 0.248 e. The Morgan fingerprint density at radius 3 is 2.78 bits per heavy atom. The lowest BCUT2D eigenvalue weighted by molar-refractivity contribution is 0.00433. The van der Waals surface area contributed by atoms with Crippen LogP contribution in [0.25, 0.3) is 0 Å². The van der Waals surface area contributed by atoms with Gasteiger partial charge in [-0.1, -0.05) is 0 Å². The molecule has 0 aliphatic heterocycles. The molecule has 0 spiro atoms. The fraction of sp³-hybridized carbons (Fsp3) is 0.769. The number of rotatable bonds is 4. The maximum atomic E-state index is 13.2. The summed E-state index contributed by atoms with van der Waals surface area (Å²) < 4.78 is 28.2. The van der Waals surface area contributed by atoms with Crippen LogP contribution in [0.2, 0.25) is 0 Å². The normalized spacial score (nSPS) is 24.4. The summed E-state index contributed by atoms with van der Waals surface area (Å²) in [5.74, 6) is -2.34. The molecule has 1 fully saturated rings. The van der Waals surface area contributed by atoms with E-state index in [1.165, 1.54) is 0 Å². The molecule has 1 saturated carbocycles. The maximum absolute atomic E-state index is 13.2. The minimum absolute atomic E-state index is 0.0322. The average Bonchev–Trinajstić information content (AvgIpc) is 2.81. The fourth-order valence-electron chi connectivity index (χ4n) is 2.83. The molecule has 3 nitrogen and oxygen atoms in total. The molecule has 0 radical (unpaired) electrons. The van der Waals surface area contributed by atoms with Crippen molar-refractivity contribution in [1.82, 2.24) is 15.1 Å². The van der Waals surface area contributed by atoms with Gasteiger partial charge in [0.15, 0.2) is 0 Å². The molecule has 0 aromatic carbocycles. The van der Waals surface area contributed by atoms with Crippen LogP contribution in [-0.4, -0.2) is 22.8 Å². The van der Waals surface area contributed by atoms with E-state index >= 15 is 0 Å². The fourth-order valence-corrected chi connectivity index (χ4v) is 2.83. The van der Waals surface area contributed by atoms with Crippen molar-refractivity contribution in [2.45, 2.75) is 44.6 Å². The molecule has 0 saturated heterocycles. The summed E-state index contributed by atoms with van der Waals surface area (Å²) in [6, 6.07) is 0.123. The molecule has 2 unspecified atom stereocenters. The summed E-state index contributed by atoms with van der Waals surface area (Å²) in [6.45, 7) is 2.01. The quantitative estimate of drug-likeness (QED) is 0.899. The van der Waals surface area contributed by atoms with Crippen molar-refractivity contribution in [3.05, 3.63) is 17.5 Å². The molecule has 1 aromatic heterocycles. The standard InChI is InChI=1S/C13H21F2N3/c1-9-11(8-17-18(9)3)12(16-2)6-10-4-5-13(14,15)7-10/h8,10,12,16H,4-7H2,1-3H3. The predicted molar refractivity (Wildman–Crippen MR) is 66.7 cm³/mol. The van der Waals surface area contributed by atoms with Crippen molar-refractivity contribution in [3.8, 4) is 0 Å². The molecular formula is C13H21F2N3. The Morgan fingerprint density at radius 1 is 1.61 bits per heavy atom. The van der Waals surface area contributed by atoms with Gasteiger partial charge in [-0.3, -0.25) is 4.68 Å². The number of alkyl halides is 2. The molecule has 18 heavy (non-hydrogen) atoms. The van der Waals surface area contributed by atoms with E-state index in [-0.39, 0.29) is 24.8 Å². The van der Waals surface area contributed by atoms with E-state index in [2.05, 4.69) is 10.4 Å². The summed E-state index contributed by atoms with van der Waals surface area (Å²) in [4.78, 5) is 0. The van der Waals surface area contributed by atoms with E-state index in [0.717, 1.165) is 17.7 Å². The second-order valence-electron chi connectivity index (χ2n) is 5.35. The molecule has 1 aliphatic rings. The lowest BCUT2D eigenvalue weighted by Crippen LogP contribution is -2.20. The van der Waals surface area contributed by atoms with Gasteiger partial charge in [-0.2, -0.15) is 5.10 Å². The Balaban J connectivity index is 2.04. The van der Waals surface area contributed by atoms with Gasteiger partial charge in [-0.05, 0) is 32.7 Å². The zero-order valence-electron chi connectivity index (χ0n) is 11.2. The van der Waals surface area contributed by atoms with Gasteiger partial charge in [0.2, 0.25) is 5.92 Å². The third kappa shape index (κ3) is 2.71. The van der Waals surface area contributed by atoms with Crippen LogP contribution in [0, 0.1) is 12.8 Å². The van der Waals surface area contributed by atoms with Gasteiger partial charge in [-0.25, -0.2) is 8.78 Å². The van der Waals surface area contributed by atoms with Crippen LogP contribution in [0.5, 0.6) is 0 Å². The molecule has 0 amide bonds. The molecule has 1 aromatic rings. The van der Waals surface area contributed by atoms with Crippen LogP contribution >= 0.6 is 0 Å². The lowest BCUT2D eigenvalue weighted by Gasteiger charge is -2.20. The molecule has 1 heterocycles. The second-order valence-corrected chi connectivity index (χ2v) is 5.35. The van der Waals surface area contributed by atoms with Crippen LogP contribution in [0.3, 0.4) is 0 Å². The highest BCUT2D eigenvalue weighted by Gasteiger charge is 2.40. The summed E-state index contributed by atoms with van der Waals surface area (Å²) in [5.41, 5.74) is 2.22. The first-order valence-electron chi connectivity index (χ1n) is 6.46. The Morgan fingerprint density at radius 2 is 2.33 bits per heavy atom. The molecule has 1 N–H and O–H groups in total. The topological polar surface area (TPSA) is 29.9 Å². The summed E-state index contributed by atoms with van der Waals surface area (Å²) in [5, 5.41) is 7.45. The van der Waals surface area contributed by atoms with E-state index in [1.807, 2.05) is 31.9 Å². The summed E-state index contributed by atoms with van der Waals surface area (Å²) in [6.07, 6.45) is 3.30. The Labute approximate surface area is 107 Å². The number of hydrogen-bond donors (Lipinski definition) is 1. The largest absolute Gasteiger partial charge is 0.313 e. The van der Waals surface area contributed by atoms with Crippen molar-refractivity contribution < 1.29 is 8.78 Å². The first kappa shape index (κ1) is 13.5. The van der Waals surface area contributed by atoms with Crippen LogP contribution < -0.4 is 5.32 Å². The number of hydrogen-bond acceptors (Lipinski definition) is 2. The van der Waals surface area contributed by atoms with E-state index in [1.54, 1.807) is 0 Å². The van der Waals surface area contributed by atoms with Gasteiger partial charge in [0.05, 0.1) is 6.20 Å². The molecule has 1 aliphatic carbocycles. The van der Waals surface area contributed by atoms with E-state index in [0.29, 0.717) is 6.42 Å². The molecule has 5 heteroatoms. The van der Waals surface area contributed by atoms with Gasteiger partial charge in [0, 0.05) is 37.2 Å². The van der Waals surface area contributed by atoms with Gasteiger partial charge in [0.1, 0.15) is 0 Å². The number of aromatic nitrogens is 2. The van der Waals surface area contributed by atoms with Crippen molar-refractivity contribution in [1.29, 1.82) is 0 Å². The highest BCUT2D eigenvalue weighted by atomic mass is 19.3. The summed E-state index contributed by atoms with van der Waals surface area (Å²) in [7, 11) is 3.78. The monoisotopic (exact) mass is 257 g/mol. The van der Waals surface area contributed by atoms with E-state index in [9.17, 15) is 8.78 Å². The minimum atomic E-state index is -2.45. The first-order chi connectivity index (χ1) is 8.43. The highest BCUT2D eigenvalue weighted by Crippen LogP contribution is 2.42. The van der Waals surface area contributed by atoms with Crippen molar-refractivity contribution in [2.75, 3.05) is 7.05 Å². The Hall–Kier alpha value is -0.970. The highest BCUT2D eigenvalue weighted by molar-refractivity contribution is 5.20. The van der Waals surface area contributed by atoms with Crippen LogP contribution in [0.1, 0.15) is 43.0 Å². The lowest BCUT2D eigenvalue weighted by atomic mass is 9.94. The summed E-state index contributed by atoms with van der Waals surface area (Å²) >= 11 is 0. The molecule has 2 rings (SSSR count). The van der Waals surface area contributed by atoms with Crippen molar-refractivity contribution in [2.24, 2.45) is 13.0 Å². The van der Waals surface area contributed by atoms with Crippen molar-refractivity contribution in [3.63, 3.8) is 0 Å². The molecule has 2 atom stereocenters. The molecule has 102 valence electrons. The minimum Gasteiger partial charge on any atom is -0.313 e. The van der Waals surface area contributed by atoms with Crippen LogP contribution in [0.4, 0.5) is 8.78 Å². The van der Waals surface area contributed by atoms with Crippen LogP contribution in [0.15, 0.2) is 6.20 Å². The smallest absolute Gasteiger partial charge is 0.248 e. The average molecular weight is 257 g/mol. The van der Waals surface area contributed by atoms with Gasteiger partial charge < -0.3 is 5.32 Å². The van der Waals surface area contributed by atoms with Gasteiger partial charge >= 0.3 is 0 Å². The van der Waals surface area contributed by atoms with Gasteiger partial charge in [0.25, 0.3) is 0 Å². The zero-order chi connectivity index (χ0) is 13.3. The number of halogens is 2. The molecule has 0 bridgehead atoms. The van der Waals surface area contributed by atoms with E-state index < -0.39 is 5.92 Å². The van der Waals surface area contributed by atoms with E-state index in [4.69, 9.17) is 0 Å². The Bertz CT molecular complexity index is 414. The predicted octanol–water partition coefficient (Wildman–Crippen LogP) is 2.81. The van der Waals surface area contributed by atoms with Crippen molar-refractivity contribution >= 4 is 0 Å². The first-order valence-corrected chi connectivity index (χ1v) is 6.46. The SMILES string of the molecule is CNC(CC1CCC(F)(F)C1)c1cnn(C)c1C. The third-order valence-corrected chi connectivity index (χ3v) is 4.07.